The standard InChI is InChI=1S/C22H33N3O3S2/c1-4-6-7-19(5-2)16-25-18(3)17-29-22(25)23-20-8-10-21(11-9-20)30(26,27)24-12-14-28-15-13-24/h8-11,17,19H,4-7,12-16H2,1-3H3. The number of benzene rings is 1. The Kier molecular flexibility index (Phi) is 8.27. The van der Waals surface area contributed by atoms with Crippen molar-refractivity contribution in [2.24, 2.45) is 10.9 Å². The first kappa shape index (κ1) is 23.2. The molecular weight excluding hydrogens is 418 g/mol. The van der Waals surface area contributed by atoms with Crippen molar-refractivity contribution in [1.82, 2.24) is 8.87 Å². The maximum atomic E-state index is 12.8. The fraction of sp³-hybridized carbons (Fsp3) is 0.591. The van der Waals surface area contributed by atoms with E-state index in [0.29, 0.717) is 37.1 Å². The van der Waals surface area contributed by atoms with Crippen molar-refractivity contribution >= 4 is 27.0 Å². The third-order valence-corrected chi connectivity index (χ3v) is 8.54. The first-order valence-electron chi connectivity index (χ1n) is 10.8. The number of nitrogens with zero attached hydrogens (tertiary/aromatic N) is 3. The number of sulfonamides is 1. The molecular formula is C22H33N3O3S2. The first-order valence-corrected chi connectivity index (χ1v) is 13.1. The molecule has 3 rings (SSSR count). The SMILES string of the molecule is CCCCC(CC)Cn1c(C)csc1=Nc1ccc(S(=O)(=O)N2CCOCC2)cc1. The summed E-state index contributed by atoms with van der Waals surface area (Å²) in [6, 6.07) is 6.90. The fourth-order valence-corrected chi connectivity index (χ4v) is 5.95. The lowest BCUT2D eigenvalue weighted by atomic mass is 9.99. The van der Waals surface area contributed by atoms with Crippen molar-refractivity contribution < 1.29 is 13.2 Å². The van der Waals surface area contributed by atoms with Crippen LogP contribution in [-0.4, -0.2) is 43.6 Å². The summed E-state index contributed by atoms with van der Waals surface area (Å²) in [5, 5.41) is 2.14. The fourth-order valence-electron chi connectivity index (χ4n) is 3.64. The molecule has 1 aromatic heterocycles. The number of unbranched alkanes of at least 4 members (excludes halogenated alkanes) is 1. The number of hydrogen-bond donors (Lipinski definition) is 0. The lowest BCUT2D eigenvalue weighted by Crippen LogP contribution is -2.40. The summed E-state index contributed by atoms with van der Waals surface area (Å²) in [5.74, 6) is 0.651. The Balaban J connectivity index is 1.81. The molecule has 0 aliphatic carbocycles. The highest BCUT2D eigenvalue weighted by Crippen LogP contribution is 2.21. The quantitative estimate of drug-likeness (QED) is 0.570. The normalized spacial score (nSPS) is 17.4. The largest absolute Gasteiger partial charge is 0.379 e. The second-order valence-electron chi connectivity index (χ2n) is 7.81. The predicted octanol–water partition coefficient (Wildman–Crippen LogP) is 4.33. The van der Waals surface area contributed by atoms with Gasteiger partial charge >= 0.3 is 0 Å². The van der Waals surface area contributed by atoms with Gasteiger partial charge < -0.3 is 9.30 Å². The minimum atomic E-state index is -3.47. The molecule has 1 saturated heterocycles. The van der Waals surface area contributed by atoms with Gasteiger partial charge in [-0.2, -0.15) is 4.31 Å². The van der Waals surface area contributed by atoms with Crippen LogP contribution in [0.5, 0.6) is 0 Å². The monoisotopic (exact) mass is 451 g/mol. The minimum Gasteiger partial charge on any atom is -0.379 e. The molecule has 0 radical (unpaired) electrons. The number of aromatic nitrogens is 1. The Morgan fingerprint density at radius 1 is 1.17 bits per heavy atom. The molecule has 0 spiro atoms. The van der Waals surface area contributed by atoms with Crippen molar-refractivity contribution in [3.8, 4) is 0 Å². The number of thiazole rings is 1. The van der Waals surface area contributed by atoms with Gasteiger partial charge in [0, 0.05) is 30.7 Å². The summed E-state index contributed by atoms with van der Waals surface area (Å²) in [6.45, 7) is 9.29. The minimum absolute atomic E-state index is 0.309. The van der Waals surface area contributed by atoms with E-state index in [-0.39, 0.29) is 0 Å². The van der Waals surface area contributed by atoms with Crippen molar-refractivity contribution in [3.63, 3.8) is 0 Å². The molecule has 1 aliphatic heterocycles. The highest BCUT2D eigenvalue weighted by molar-refractivity contribution is 7.89. The van der Waals surface area contributed by atoms with Crippen molar-refractivity contribution in [1.29, 1.82) is 0 Å². The van der Waals surface area contributed by atoms with Crippen LogP contribution in [0.4, 0.5) is 5.69 Å². The number of hydrogen-bond acceptors (Lipinski definition) is 5. The Bertz CT molecular complexity index is 972. The van der Waals surface area contributed by atoms with Gasteiger partial charge in [-0.3, -0.25) is 0 Å². The zero-order valence-electron chi connectivity index (χ0n) is 18.2. The first-order chi connectivity index (χ1) is 14.5. The van der Waals surface area contributed by atoms with E-state index in [9.17, 15) is 8.42 Å². The number of ether oxygens (including phenoxy) is 1. The van der Waals surface area contributed by atoms with E-state index in [0.717, 1.165) is 23.5 Å². The van der Waals surface area contributed by atoms with Crippen LogP contribution in [0.2, 0.25) is 0 Å². The van der Waals surface area contributed by atoms with Crippen molar-refractivity contribution in [2.75, 3.05) is 26.3 Å². The van der Waals surface area contributed by atoms with E-state index in [4.69, 9.17) is 9.73 Å². The van der Waals surface area contributed by atoms with Crippen LogP contribution in [0.1, 0.15) is 45.2 Å². The zero-order chi connectivity index (χ0) is 21.6. The molecule has 8 heteroatoms. The number of rotatable bonds is 9. The van der Waals surface area contributed by atoms with Crippen molar-refractivity contribution in [3.05, 3.63) is 40.1 Å². The van der Waals surface area contributed by atoms with E-state index in [2.05, 4.69) is 30.7 Å². The average Bonchev–Trinajstić information content (AvgIpc) is 3.11. The lowest BCUT2D eigenvalue weighted by Gasteiger charge is -2.26. The maximum absolute atomic E-state index is 12.8. The molecule has 1 atom stereocenters. The summed E-state index contributed by atoms with van der Waals surface area (Å²) in [5.41, 5.74) is 1.99. The van der Waals surface area contributed by atoms with Crippen molar-refractivity contribution in [2.45, 2.75) is 57.9 Å². The molecule has 0 N–H and O–H groups in total. The Morgan fingerprint density at radius 2 is 1.87 bits per heavy atom. The third kappa shape index (κ3) is 5.60. The van der Waals surface area contributed by atoms with Gasteiger partial charge in [-0.1, -0.05) is 33.1 Å². The molecule has 0 amide bonds. The van der Waals surface area contributed by atoms with E-state index in [1.807, 2.05) is 0 Å². The van der Waals surface area contributed by atoms with Gasteiger partial charge in [-0.15, -0.1) is 11.3 Å². The van der Waals surface area contributed by atoms with Crippen LogP contribution < -0.4 is 4.80 Å². The summed E-state index contributed by atoms with van der Waals surface area (Å²) >= 11 is 1.64. The highest BCUT2D eigenvalue weighted by atomic mass is 32.2. The second-order valence-corrected chi connectivity index (χ2v) is 10.6. The van der Waals surface area contributed by atoms with E-state index in [1.165, 1.54) is 29.3 Å². The molecule has 1 aliphatic rings. The predicted molar refractivity (Wildman–Crippen MR) is 122 cm³/mol. The van der Waals surface area contributed by atoms with Gasteiger partial charge in [0.25, 0.3) is 0 Å². The van der Waals surface area contributed by atoms with Crippen LogP contribution in [0.15, 0.2) is 39.5 Å². The van der Waals surface area contributed by atoms with Crippen LogP contribution >= 0.6 is 11.3 Å². The molecule has 30 heavy (non-hydrogen) atoms. The maximum Gasteiger partial charge on any atom is 0.243 e. The Morgan fingerprint density at radius 3 is 2.50 bits per heavy atom. The Hall–Kier alpha value is -1.48. The summed E-state index contributed by atoms with van der Waals surface area (Å²) in [4.78, 5) is 6.09. The molecule has 0 bridgehead atoms. The van der Waals surface area contributed by atoms with Crippen LogP contribution in [0.25, 0.3) is 0 Å². The molecule has 1 unspecified atom stereocenters. The third-order valence-electron chi connectivity index (χ3n) is 5.64. The van der Waals surface area contributed by atoms with Gasteiger partial charge in [0.15, 0.2) is 4.80 Å². The van der Waals surface area contributed by atoms with E-state index < -0.39 is 10.0 Å². The van der Waals surface area contributed by atoms with Crippen LogP contribution in [0.3, 0.4) is 0 Å². The molecule has 1 fully saturated rings. The number of aryl methyl sites for hydroxylation is 1. The smallest absolute Gasteiger partial charge is 0.243 e. The summed E-state index contributed by atoms with van der Waals surface area (Å²) in [7, 11) is -3.47. The average molecular weight is 452 g/mol. The molecule has 0 saturated carbocycles. The molecule has 166 valence electrons. The summed E-state index contributed by atoms with van der Waals surface area (Å²) in [6.07, 6.45) is 4.88. The topological polar surface area (TPSA) is 63.9 Å². The molecule has 2 heterocycles. The van der Waals surface area contributed by atoms with Gasteiger partial charge in [0.2, 0.25) is 10.0 Å². The van der Waals surface area contributed by atoms with E-state index in [1.54, 1.807) is 35.6 Å². The second kappa shape index (κ2) is 10.7. The highest BCUT2D eigenvalue weighted by Gasteiger charge is 2.26. The van der Waals surface area contributed by atoms with Gasteiger partial charge in [0.1, 0.15) is 0 Å². The Labute approximate surface area is 184 Å². The van der Waals surface area contributed by atoms with Gasteiger partial charge in [0.05, 0.1) is 23.8 Å². The molecule has 1 aromatic carbocycles. The van der Waals surface area contributed by atoms with Crippen LogP contribution in [0, 0.1) is 12.8 Å². The number of morpholine rings is 1. The van der Waals surface area contributed by atoms with E-state index >= 15 is 0 Å². The zero-order valence-corrected chi connectivity index (χ0v) is 19.8. The van der Waals surface area contributed by atoms with Gasteiger partial charge in [-0.25, -0.2) is 13.4 Å². The molecule has 2 aromatic rings. The molecule has 6 nitrogen and oxygen atoms in total. The lowest BCUT2D eigenvalue weighted by molar-refractivity contribution is 0.0730. The summed E-state index contributed by atoms with van der Waals surface area (Å²) < 4.78 is 34.6. The van der Waals surface area contributed by atoms with Crippen LogP contribution in [-0.2, 0) is 21.3 Å². The van der Waals surface area contributed by atoms with Gasteiger partial charge in [-0.05, 0) is 43.5 Å².